The molecule has 0 aromatic heterocycles. The van der Waals surface area contributed by atoms with Crippen molar-refractivity contribution in [3.63, 3.8) is 0 Å². The highest BCUT2D eigenvalue weighted by atomic mass is 16.6. The quantitative estimate of drug-likeness (QED) is 0.101. The Bertz CT molecular complexity index is 1270. The van der Waals surface area contributed by atoms with Gasteiger partial charge in [-0.15, -0.1) is 0 Å². The van der Waals surface area contributed by atoms with E-state index in [1.54, 1.807) is 13.8 Å². The van der Waals surface area contributed by atoms with Crippen molar-refractivity contribution in [2.24, 2.45) is 5.41 Å². The van der Waals surface area contributed by atoms with Gasteiger partial charge in [-0.05, 0) is 65.8 Å². The average Bonchev–Trinajstić information content (AvgIpc) is 3.00. The van der Waals surface area contributed by atoms with Crippen molar-refractivity contribution in [2.45, 2.75) is 41.5 Å². The maximum Gasteiger partial charge on any atom is 0.338 e. The monoisotopic (exact) mass is 654 g/mol. The highest BCUT2D eigenvalue weighted by Crippen LogP contribution is 2.23. The van der Waals surface area contributed by atoms with Crippen molar-refractivity contribution in [1.82, 2.24) is 0 Å². The Morgan fingerprint density at radius 2 is 0.617 bits per heavy atom. The highest BCUT2D eigenvalue weighted by Gasteiger charge is 2.38. The van der Waals surface area contributed by atoms with E-state index in [9.17, 15) is 28.8 Å². The van der Waals surface area contributed by atoms with Gasteiger partial charge in [-0.2, -0.15) is 0 Å². The number of carbonyl (C=O) groups is 6. The number of rotatable bonds is 16. The van der Waals surface area contributed by atoms with Gasteiger partial charge < -0.3 is 28.4 Å². The molecule has 0 saturated carbocycles. The van der Waals surface area contributed by atoms with E-state index < -0.39 is 41.2 Å². The largest absolute Gasteiger partial charge is 0.461 e. The molecule has 47 heavy (non-hydrogen) atoms. The minimum atomic E-state index is -1.37. The fourth-order valence-electron chi connectivity index (χ4n) is 2.58. The van der Waals surface area contributed by atoms with Crippen molar-refractivity contribution in [3.8, 4) is 11.5 Å². The predicted molar refractivity (Wildman–Crippen MR) is 173 cm³/mol. The fourth-order valence-corrected chi connectivity index (χ4v) is 2.58. The van der Waals surface area contributed by atoms with Crippen LogP contribution < -0.4 is 9.47 Å². The fraction of sp³-hybridized carbons (Fsp3) is 0.314. The summed E-state index contributed by atoms with van der Waals surface area (Å²) in [6.07, 6.45) is 0. The van der Waals surface area contributed by atoms with Gasteiger partial charge in [-0.1, -0.05) is 39.5 Å². The van der Waals surface area contributed by atoms with Crippen LogP contribution in [0.4, 0.5) is 0 Å². The van der Waals surface area contributed by atoms with Crippen LogP contribution in [-0.2, 0) is 47.7 Å². The lowest BCUT2D eigenvalue weighted by molar-refractivity contribution is -0.165. The van der Waals surface area contributed by atoms with Crippen LogP contribution in [0.1, 0.15) is 41.5 Å². The first-order chi connectivity index (χ1) is 21.7. The molecule has 0 amide bonds. The number of benzene rings is 1. The lowest BCUT2D eigenvalue weighted by atomic mass is 9.92. The zero-order valence-electron chi connectivity index (χ0n) is 27.8. The summed E-state index contributed by atoms with van der Waals surface area (Å²) in [5, 5.41) is 0. The standard InChI is InChI=1S/C21H28O8.C14H14O4/c1-13(2)17(22)26-9-21(10-27-18(23)14(3)4,11-28-19(24)15(5)6)12-29-20(25)16(7)8;1-9(2)13(15)17-11-5-7-12(8-6-11)18-14(16)10(3)4/h1,3,5,7,9-12H2,2,4,6,8H3;5-8H,1,3H2,2,4H3. The van der Waals surface area contributed by atoms with E-state index >= 15 is 0 Å². The molecular weight excluding hydrogens is 612 g/mol. The second-order valence-corrected chi connectivity index (χ2v) is 10.7. The third-order valence-electron chi connectivity index (χ3n) is 5.37. The number of hydrogen-bond acceptors (Lipinski definition) is 12. The summed E-state index contributed by atoms with van der Waals surface area (Å²) in [7, 11) is 0. The SMILES string of the molecule is C=C(C)C(=O)OCC(COC(=O)C(=C)C)(COC(=O)C(=C)C)COC(=O)C(=C)C.C=C(C)C(=O)Oc1ccc(OC(=O)C(=C)C)cc1. The zero-order valence-corrected chi connectivity index (χ0v) is 27.8. The van der Waals surface area contributed by atoms with Crippen LogP contribution in [0.3, 0.4) is 0 Å². The lowest BCUT2D eigenvalue weighted by Gasteiger charge is -2.31. The van der Waals surface area contributed by atoms with Gasteiger partial charge in [0.2, 0.25) is 0 Å². The Kier molecular flexibility index (Phi) is 17.5. The first-order valence-electron chi connectivity index (χ1n) is 13.9. The van der Waals surface area contributed by atoms with Crippen LogP contribution in [0.25, 0.3) is 0 Å². The van der Waals surface area contributed by atoms with E-state index in [0.29, 0.717) is 22.6 Å². The summed E-state index contributed by atoms with van der Waals surface area (Å²) in [5.41, 5.74) is -0.203. The maximum absolute atomic E-state index is 11.8. The molecule has 12 heteroatoms. The lowest BCUT2D eigenvalue weighted by Crippen LogP contribution is -2.44. The van der Waals surface area contributed by atoms with Gasteiger partial charge in [0.15, 0.2) is 0 Å². The van der Waals surface area contributed by atoms with Gasteiger partial charge in [-0.3, -0.25) is 0 Å². The second-order valence-electron chi connectivity index (χ2n) is 10.7. The Balaban J connectivity index is 0.00000100. The molecule has 0 spiro atoms. The molecular formula is C35H42O12. The third kappa shape index (κ3) is 16.4. The maximum atomic E-state index is 11.8. The van der Waals surface area contributed by atoms with Crippen molar-refractivity contribution in [2.75, 3.05) is 26.4 Å². The molecule has 1 rings (SSSR count). The molecule has 0 aliphatic rings. The van der Waals surface area contributed by atoms with Gasteiger partial charge in [0, 0.05) is 33.4 Å². The van der Waals surface area contributed by atoms with Crippen LogP contribution in [0.5, 0.6) is 11.5 Å². The van der Waals surface area contributed by atoms with Crippen LogP contribution in [-0.4, -0.2) is 62.2 Å². The minimum Gasteiger partial charge on any atom is -0.461 e. The van der Waals surface area contributed by atoms with Crippen LogP contribution in [0, 0.1) is 5.41 Å². The number of esters is 6. The smallest absolute Gasteiger partial charge is 0.338 e. The number of ether oxygens (including phenoxy) is 6. The summed E-state index contributed by atoms with van der Waals surface area (Å²) in [4.78, 5) is 69.9. The summed E-state index contributed by atoms with van der Waals surface area (Å²) >= 11 is 0. The van der Waals surface area contributed by atoms with Crippen molar-refractivity contribution >= 4 is 35.8 Å². The van der Waals surface area contributed by atoms with Crippen molar-refractivity contribution in [3.05, 3.63) is 97.2 Å². The summed E-state index contributed by atoms with van der Waals surface area (Å²) in [5.74, 6) is -3.12. The van der Waals surface area contributed by atoms with Gasteiger partial charge >= 0.3 is 35.8 Å². The Hall–Kier alpha value is -5.52. The first-order valence-corrected chi connectivity index (χ1v) is 13.9. The van der Waals surface area contributed by atoms with Crippen molar-refractivity contribution in [1.29, 1.82) is 0 Å². The molecule has 0 N–H and O–H groups in total. The molecule has 12 nitrogen and oxygen atoms in total. The van der Waals surface area contributed by atoms with E-state index in [2.05, 4.69) is 39.5 Å². The van der Waals surface area contributed by atoms with Gasteiger partial charge in [0.1, 0.15) is 43.3 Å². The summed E-state index contributed by atoms with van der Waals surface area (Å²) < 4.78 is 30.6. The first kappa shape index (κ1) is 41.5. The molecule has 0 bridgehead atoms. The zero-order chi connectivity index (χ0) is 36.5. The molecule has 0 saturated heterocycles. The average molecular weight is 655 g/mol. The second kappa shape index (κ2) is 19.8. The Morgan fingerprint density at radius 3 is 0.787 bits per heavy atom. The summed E-state index contributed by atoms with van der Waals surface area (Å²) in [6, 6.07) is 6.12. The third-order valence-corrected chi connectivity index (χ3v) is 5.37. The van der Waals surface area contributed by atoms with Gasteiger partial charge in [0.25, 0.3) is 0 Å². The Morgan fingerprint density at radius 1 is 0.426 bits per heavy atom. The van der Waals surface area contributed by atoms with Crippen LogP contribution >= 0.6 is 0 Å². The highest BCUT2D eigenvalue weighted by molar-refractivity contribution is 5.90. The topological polar surface area (TPSA) is 158 Å². The molecule has 0 aliphatic carbocycles. The molecule has 254 valence electrons. The number of hydrogen-bond donors (Lipinski definition) is 0. The van der Waals surface area contributed by atoms with E-state index in [-0.39, 0.29) is 48.7 Å². The van der Waals surface area contributed by atoms with E-state index in [0.717, 1.165) is 0 Å². The Labute approximate surface area is 275 Å². The molecule has 1 aromatic rings. The molecule has 0 aliphatic heterocycles. The summed E-state index contributed by atoms with van der Waals surface area (Å²) in [6.45, 7) is 28.3. The molecule has 0 radical (unpaired) electrons. The van der Waals surface area contributed by atoms with E-state index in [1.165, 1.54) is 52.0 Å². The molecule has 0 fully saturated rings. The molecule has 1 aromatic carbocycles. The molecule has 0 heterocycles. The minimum absolute atomic E-state index is 0.135. The van der Waals surface area contributed by atoms with Gasteiger partial charge in [0.05, 0.1) is 0 Å². The van der Waals surface area contributed by atoms with Crippen LogP contribution in [0.2, 0.25) is 0 Å². The number of carbonyl (C=O) groups excluding carboxylic acids is 6. The normalized spacial score (nSPS) is 10.0. The van der Waals surface area contributed by atoms with Crippen molar-refractivity contribution < 1.29 is 57.2 Å². The van der Waals surface area contributed by atoms with Crippen LogP contribution in [0.15, 0.2) is 97.2 Å². The van der Waals surface area contributed by atoms with E-state index in [1.807, 2.05) is 0 Å². The van der Waals surface area contributed by atoms with E-state index in [4.69, 9.17) is 28.4 Å². The molecule has 0 unspecified atom stereocenters. The predicted octanol–water partition coefficient (Wildman–Crippen LogP) is 5.10. The molecule has 0 atom stereocenters. The van der Waals surface area contributed by atoms with Gasteiger partial charge in [-0.25, -0.2) is 28.8 Å².